The molecule has 0 radical (unpaired) electrons. The number of non-ortho nitro benzene ring substituents is 1. The molecule has 0 aliphatic rings. The van der Waals surface area contributed by atoms with Gasteiger partial charge in [0.15, 0.2) is 0 Å². The van der Waals surface area contributed by atoms with Gasteiger partial charge >= 0.3 is 11.4 Å². The lowest BCUT2D eigenvalue weighted by molar-refractivity contribution is -0.384. The van der Waals surface area contributed by atoms with Crippen LogP contribution in [0.1, 0.15) is 17.0 Å². The van der Waals surface area contributed by atoms with Crippen LogP contribution in [-0.2, 0) is 15.5 Å². The van der Waals surface area contributed by atoms with Gasteiger partial charge in [0.05, 0.1) is 18.1 Å². The summed E-state index contributed by atoms with van der Waals surface area (Å²) in [6.45, 7) is 1.25. The quantitative estimate of drug-likeness (QED) is 0.457. The van der Waals surface area contributed by atoms with E-state index in [1.165, 1.54) is 18.2 Å². The van der Waals surface area contributed by atoms with Crippen molar-refractivity contribution in [2.75, 3.05) is 13.2 Å². The van der Waals surface area contributed by atoms with E-state index in [0.717, 1.165) is 0 Å². The lowest BCUT2D eigenvalue weighted by Crippen LogP contribution is -2.14. The first-order valence-electron chi connectivity index (χ1n) is 5.05. The topological polar surface area (TPSA) is 110 Å². The molecule has 1 aromatic rings. The molecule has 2 N–H and O–H groups in total. The minimum Gasteiger partial charge on any atom is -0.396 e. The number of aliphatic hydroxyl groups excluding tert-OH is 1. The van der Waals surface area contributed by atoms with Crippen molar-refractivity contribution in [2.45, 2.75) is 12.8 Å². The number of rotatable bonds is 6. The Hall–Kier alpha value is -1.35. The maximum absolute atomic E-state index is 10.6. The molecule has 0 spiro atoms. The van der Waals surface area contributed by atoms with Crippen molar-refractivity contribution in [1.29, 1.82) is 0 Å². The van der Waals surface area contributed by atoms with Crippen LogP contribution < -0.4 is 0 Å². The van der Waals surface area contributed by atoms with Crippen LogP contribution in [0, 0.1) is 17.0 Å². The fourth-order valence-corrected chi connectivity index (χ4v) is 1.89. The van der Waals surface area contributed by atoms with Crippen LogP contribution in [0.4, 0.5) is 5.69 Å². The first kappa shape index (κ1) is 14.7. The molecule has 0 aliphatic heterocycles. The molecule has 0 aliphatic carbocycles. The Bertz CT molecular complexity index is 464. The van der Waals surface area contributed by atoms with Crippen LogP contribution in [-0.4, -0.2) is 32.0 Å². The van der Waals surface area contributed by atoms with Crippen LogP contribution in [0.15, 0.2) is 18.2 Å². The van der Waals surface area contributed by atoms with Gasteiger partial charge in [-0.25, -0.2) is 0 Å². The minimum absolute atomic E-state index is 0.0420. The molecule has 0 saturated carbocycles. The molecule has 0 bridgehead atoms. The van der Waals surface area contributed by atoms with Gasteiger partial charge in [0, 0.05) is 18.1 Å². The van der Waals surface area contributed by atoms with Gasteiger partial charge < -0.3 is 5.11 Å². The number of benzene rings is 1. The van der Waals surface area contributed by atoms with E-state index in [4.69, 9.17) is 4.55 Å². The standard InChI is InChI=1S/C10H13NO6S/c1-7-4-9(11(13)14)2-3-10(7)8(5-12)6-17-18(15)16/h2-4,8,12H,5-6H2,1H3,(H,15,16). The Kier molecular flexibility index (Phi) is 5.35. The monoisotopic (exact) mass is 275 g/mol. The minimum atomic E-state index is -2.40. The highest BCUT2D eigenvalue weighted by molar-refractivity contribution is 7.74. The molecule has 0 fully saturated rings. The number of aliphatic hydroxyl groups is 1. The molecule has 100 valence electrons. The SMILES string of the molecule is Cc1cc([N+](=O)[O-])ccc1C(CO)COS(=O)O. The maximum Gasteiger partial charge on any atom is 0.301 e. The smallest absolute Gasteiger partial charge is 0.301 e. The number of nitro benzene ring substituents is 1. The predicted octanol–water partition coefficient (Wildman–Crippen LogP) is 1.13. The number of nitrogens with zero attached hydrogens (tertiary/aromatic N) is 1. The fraction of sp³-hybridized carbons (Fsp3) is 0.400. The van der Waals surface area contributed by atoms with E-state index < -0.39 is 22.2 Å². The van der Waals surface area contributed by atoms with Crippen molar-refractivity contribution in [3.05, 3.63) is 39.4 Å². The van der Waals surface area contributed by atoms with E-state index in [1.54, 1.807) is 6.92 Å². The van der Waals surface area contributed by atoms with Crippen molar-refractivity contribution < 1.29 is 23.0 Å². The highest BCUT2D eigenvalue weighted by Crippen LogP contribution is 2.24. The summed E-state index contributed by atoms with van der Waals surface area (Å²) in [6.07, 6.45) is 0. The summed E-state index contributed by atoms with van der Waals surface area (Å²) in [5.74, 6) is -0.498. The zero-order valence-corrected chi connectivity index (χ0v) is 10.4. The highest BCUT2D eigenvalue weighted by atomic mass is 32.2. The van der Waals surface area contributed by atoms with E-state index in [0.29, 0.717) is 11.1 Å². The summed E-state index contributed by atoms with van der Waals surface area (Å²) in [4.78, 5) is 10.1. The van der Waals surface area contributed by atoms with Crippen LogP contribution >= 0.6 is 0 Å². The van der Waals surface area contributed by atoms with Crippen LogP contribution in [0.5, 0.6) is 0 Å². The third kappa shape index (κ3) is 3.84. The molecule has 0 aromatic heterocycles. The Morgan fingerprint density at radius 2 is 2.22 bits per heavy atom. The summed E-state index contributed by atoms with van der Waals surface area (Å²) in [7, 11) is 0. The third-order valence-electron chi connectivity index (χ3n) is 2.49. The van der Waals surface area contributed by atoms with Gasteiger partial charge in [0.25, 0.3) is 5.69 Å². The Labute approximate surface area is 106 Å². The number of hydrogen-bond acceptors (Lipinski definition) is 5. The van der Waals surface area contributed by atoms with E-state index in [1.807, 2.05) is 0 Å². The van der Waals surface area contributed by atoms with Crippen LogP contribution in [0.2, 0.25) is 0 Å². The second-order valence-corrected chi connectivity index (χ2v) is 4.35. The molecular weight excluding hydrogens is 262 g/mol. The van der Waals surface area contributed by atoms with Crippen molar-refractivity contribution in [3.8, 4) is 0 Å². The predicted molar refractivity (Wildman–Crippen MR) is 64.4 cm³/mol. The second-order valence-electron chi connectivity index (χ2n) is 3.68. The molecule has 18 heavy (non-hydrogen) atoms. The van der Waals surface area contributed by atoms with E-state index in [-0.39, 0.29) is 18.9 Å². The van der Waals surface area contributed by atoms with Crippen molar-refractivity contribution >= 4 is 17.0 Å². The average molecular weight is 275 g/mol. The molecule has 2 atom stereocenters. The molecule has 2 unspecified atom stereocenters. The Morgan fingerprint density at radius 3 is 2.67 bits per heavy atom. The summed E-state index contributed by atoms with van der Waals surface area (Å²) >= 11 is -2.40. The van der Waals surface area contributed by atoms with Crippen molar-refractivity contribution in [2.24, 2.45) is 0 Å². The van der Waals surface area contributed by atoms with E-state index in [2.05, 4.69) is 4.18 Å². The normalized spacial score (nSPS) is 14.2. The van der Waals surface area contributed by atoms with E-state index in [9.17, 15) is 19.4 Å². The maximum atomic E-state index is 10.6. The number of hydrogen-bond donors (Lipinski definition) is 2. The fourth-order valence-electron chi connectivity index (χ4n) is 1.61. The summed E-state index contributed by atoms with van der Waals surface area (Å²) in [5.41, 5.74) is 1.23. The first-order valence-corrected chi connectivity index (χ1v) is 6.08. The largest absolute Gasteiger partial charge is 0.396 e. The van der Waals surface area contributed by atoms with Gasteiger partial charge in [-0.2, -0.15) is 4.21 Å². The number of aryl methyl sites for hydroxylation is 1. The van der Waals surface area contributed by atoms with Crippen molar-refractivity contribution in [3.63, 3.8) is 0 Å². The first-order chi connectivity index (χ1) is 8.45. The second kappa shape index (κ2) is 6.55. The van der Waals surface area contributed by atoms with Gasteiger partial charge in [-0.3, -0.25) is 18.9 Å². The molecule has 0 heterocycles. The van der Waals surface area contributed by atoms with Gasteiger partial charge in [0.1, 0.15) is 0 Å². The Balaban J connectivity index is 2.92. The van der Waals surface area contributed by atoms with Gasteiger partial charge in [-0.05, 0) is 18.1 Å². The highest BCUT2D eigenvalue weighted by Gasteiger charge is 2.17. The molecule has 1 rings (SSSR count). The van der Waals surface area contributed by atoms with Gasteiger partial charge in [0.2, 0.25) is 0 Å². The Morgan fingerprint density at radius 1 is 1.56 bits per heavy atom. The van der Waals surface area contributed by atoms with Crippen LogP contribution in [0.3, 0.4) is 0 Å². The molecule has 7 nitrogen and oxygen atoms in total. The van der Waals surface area contributed by atoms with Crippen LogP contribution in [0.25, 0.3) is 0 Å². The third-order valence-corrected chi connectivity index (χ3v) is 2.83. The summed E-state index contributed by atoms with van der Waals surface area (Å²) < 4.78 is 23.4. The lowest BCUT2D eigenvalue weighted by atomic mass is 9.96. The lowest BCUT2D eigenvalue weighted by Gasteiger charge is -2.15. The summed E-state index contributed by atoms with van der Waals surface area (Å²) in [5, 5.41) is 19.8. The molecule has 8 heteroatoms. The van der Waals surface area contributed by atoms with Crippen molar-refractivity contribution in [1.82, 2.24) is 0 Å². The molecule has 0 amide bonds. The van der Waals surface area contributed by atoms with Gasteiger partial charge in [-0.1, -0.05) is 6.07 Å². The average Bonchev–Trinajstić information content (AvgIpc) is 2.30. The zero-order chi connectivity index (χ0) is 13.7. The van der Waals surface area contributed by atoms with Gasteiger partial charge in [-0.15, -0.1) is 0 Å². The molecule has 1 aromatic carbocycles. The molecular formula is C10H13NO6S. The van der Waals surface area contributed by atoms with E-state index >= 15 is 0 Å². The summed E-state index contributed by atoms with van der Waals surface area (Å²) in [6, 6.07) is 4.22. The molecule has 0 saturated heterocycles. The zero-order valence-electron chi connectivity index (χ0n) is 9.61. The number of nitro groups is 1.